The Kier molecular flexibility index (Phi) is 4.03. The predicted molar refractivity (Wildman–Crippen MR) is 84.5 cm³/mol. The van der Waals surface area contributed by atoms with E-state index in [1.54, 1.807) is 30.3 Å². The number of rotatable bonds is 4. The Labute approximate surface area is 139 Å². The average molecular weight is 348 g/mol. The number of fused-ring (bicyclic) bond motifs is 1. The zero-order valence-corrected chi connectivity index (χ0v) is 12.7. The van der Waals surface area contributed by atoms with Crippen LogP contribution in [-0.4, -0.2) is 21.4 Å². The molecule has 3 rings (SSSR count). The number of non-ortho nitro benzene ring substituents is 1. The van der Waals surface area contributed by atoms with Crippen LogP contribution in [0.3, 0.4) is 0 Å². The van der Waals surface area contributed by atoms with Crippen LogP contribution in [0.1, 0.15) is 15.9 Å². The Morgan fingerprint density at radius 1 is 1.12 bits per heavy atom. The van der Waals surface area contributed by atoms with Gasteiger partial charge in [-0.1, -0.05) is 30.3 Å². The van der Waals surface area contributed by atoms with Crippen molar-refractivity contribution in [3.05, 3.63) is 76.0 Å². The van der Waals surface area contributed by atoms with Gasteiger partial charge in [-0.3, -0.25) is 14.9 Å². The Morgan fingerprint density at radius 2 is 1.80 bits per heavy atom. The van der Waals surface area contributed by atoms with Crippen molar-refractivity contribution in [2.75, 3.05) is 0 Å². The van der Waals surface area contributed by atoms with Gasteiger partial charge in [0.2, 0.25) is 0 Å². The van der Waals surface area contributed by atoms with Crippen molar-refractivity contribution in [1.82, 2.24) is 4.57 Å². The van der Waals surface area contributed by atoms with E-state index in [0.29, 0.717) is 0 Å². The maximum atomic E-state index is 12.8. The van der Waals surface area contributed by atoms with Gasteiger partial charge in [0.1, 0.15) is 0 Å². The average Bonchev–Trinajstić information content (AvgIpc) is 2.92. The zero-order valence-electron chi connectivity index (χ0n) is 12.7. The first-order chi connectivity index (χ1) is 11.8. The summed E-state index contributed by atoms with van der Waals surface area (Å²) < 4.78 is 39.9. The number of halogens is 3. The summed E-state index contributed by atoms with van der Waals surface area (Å²) in [6.07, 6.45) is -3.93. The molecule has 0 saturated heterocycles. The van der Waals surface area contributed by atoms with E-state index in [9.17, 15) is 28.1 Å². The van der Waals surface area contributed by atoms with E-state index in [1.165, 1.54) is 16.7 Å². The maximum absolute atomic E-state index is 12.8. The molecule has 0 aliphatic carbocycles. The second kappa shape index (κ2) is 6.04. The molecular formula is C17H11F3N2O3. The Balaban J connectivity index is 2.18. The molecule has 1 aromatic heterocycles. The molecule has 2 aromatic carbocycles. The first-order valence-corrected chi connectivity index (χ1v) is 7.20. The first-order valence-electron chi connectivity index (χ1n) is 7.20. The van der Waals surface area contributed by atoms with Gasteiger partial charge in [-0.2, -0.15) is 13.2 Å². The molecule has 3 aromatic rings. The molecule has 0 radical (unpaired) electrons. The number of hydrogen-bond donors (Lipinski definition) is 0. The topological polar surface area (TPSA) is 65.1 Å². The molecule has 0 aliphatic heterocycles. The molecule has 0 amide bonds. The summed E-state index contributed by atoms with van der Waals surface area (Å²) in [5.74, 6) is -1.97. The molecule has 0 bridgehead atoms. The van der Waals surface area contributed by atoms with Crippen molar-refractivity contribution in [3.8, 4) is 0 Å². The molecule has 0 atom stereocenters. The largest absolute Gasteiger partial charge is 0.454 e. The summed E-state index contributed by atoms with van der Waals surface area (Å²) in [4.78, 5) is 22.0. The van der Waals surface area contributed by atoms with Crippen molar-refractivity contribution >= 4 is 22.4 Å². The van der Waals surface area contributed by atoms with Crippen LogP contribution >= 0.6 is 0 Å². The van der Waals surface area contributed by atoms with E-state index >= 15 is 0 Å². The second-order valence-corrected chi connectivity index (χ2v) is 5.44. The SMILES string of the molecule is O=C(c1cn(Cc2ccccc2)c2cc([N+](=O)[O-])ccc12)C(F)(F)F. The number of nitro groups is 1. The summed E-state index contributed by atoms with van der Waals surface area (Å²) in [7, 11) is 0. The summed E-state index contributed by atoms with van der Waals surface area (Å²) in [5.41, 5.74) is 0.210. The number of carbonyl (C=O) groups excluding carboxylic acids is 1. The lowest BCUT2D eigenvalue weighted by Crippen LogP contribution is -2.22. The minimum Gasteiger partial charge on any atom is -0.342 e. The van der Waals surface area contributed by atoms with E-state index in [-0.39, 0.29) is 23.1 Å². The van der Waals surface area contributed by atoms with Gasteiger partial charge < -0.3 is 4.57 Å². The van der Waals surface area contributed by atoms with Gasteiger partial charge in [-0.15, -0.1) is 0 Å². The van der Waals surface area contributed by atoms with E-state index in [1.807, 2.05) is 0 Å². The molecule has 1 heterocycles. The molecule has 0 N–H and O–H groups in total. The van der Waals surface area contributed by atoms with Crippen LogP contribution in [-0.2, 0) is 6.54 Å². The Bertz CT molecular complexity index is 962. The summed E-state index contributed by atoms with van der Waals surface area (Å²) in [5, 5.41) is 11.0. The summed E-state index contributed by atoms with van der Waals surface area (Å²) in [6.45, 7) is 0.184. The fourth-order valence-corrected chi connectivity index (χ4v) is 2.64. The van der Waals surface area contributed by atoms with E-state index in [4.69, 9.17) is 0 Å². The lowest BCUT2D eigenvalue weighted by atomic mass is 10.1. The number of alkyl halides is 3. The number of ketones is 1. The van der Waals surface area contributed by atoms with Crippen LogP contribution in [0.4, 0.5) is 18.9 Å². The number of benzene rings is 2. The van der Waals surface area contributed by atoms with Crippen LogP contribution in [0, 0.1) is 10.1 Å². The van der Waals surface area contributed by atoms with Crippen LogP contribution in [0.2, 0.25) is 0 Å². The molecule has 0 fully saturated rings. The van der Waals surface area contributed by atoms with Crippen LogP contribution < -0.4 is 0 Å². The van der Waals surface area contributed by atoms with Gasteiger partial charge >= 0.3 is 6.18 Å². The van der Waals surface area contributed by atoms with Crippen LogP contribution in [0.25, 0.3) is 10.9 Å². The third-order valence-corrected chi connectivity index (χ3v) is 3.77. The Morgan fingerprint density at radius 3 is 2.40 bits per heavy atom. The highest BCUT2D eigenvalue weighted by atomic mass is 19.4. The molecule has 25 heavy (non-hydrogen) atoms. The number of hydrogen-bond acceptors (Lipinski definition) is 3. The second-order valence-electron chi connectivity index (χ2n) is 5.44. The van der Waals surface area contributed by atoms with Gasteiger partial charge in [-0.05, 0) is 11.6 Å². The van der Waals surface area contributed by atoms with Crippen molar-refractivity contribution in [1.29, 1.82) is 0 Å². The molecule has 128 valence electrons. The highest BCUT2D eigenvalue weighted by molar-refractivity contribution is 6.11. The number of nitro benzene ring substituents is 1. The number of carbonyl (C=O) groups is 1. The number of aromatic nitrogens is 1. The van der Waals surface area contributed by atoms with E-state index < -0.39 is 22.4 Å². The number of Topliss-reactive ketones (excluding diaryl/α,β-unsaturated/α-hetero) is 1. The minimum absolute atomic E-state index is 0.0313. The highest BCUT2D eigenvalue weighted by Crippen LogP contribution is 2.31. The van der Waals surface area contributed by atoms with Gasteiger partial charge in [0.15, 0.2) is 0 Å². The van der Waals surface area contributed by atoms with Gasteiger partial charge in [0.25, 0.3) is 11.5 Å². The molecular weight excluding hydrogens is 337 g/mol. The lowest BCUT2D eigenvalue weighted by molar-refractivity contribution is -0.384. The molecule has 8 heteroatoms. The third-order valence-electron chi connectivity index (χ3n) is 3.77. The normalized spacial score (nSPS) is 11.6. The lowest BCUT2D eigenvalue weighted by Gasteiger charge is -2.05. The molecule has 0 saturated carbocycles. The summed E-state index contributed by atoms with van der Waals surface area (Å²) >= 11 is 0. The van der Waals surface area contributed by atoms with E-state index in [2.05, 4.69) is 0 Å². The highest BCUT2D eigenvalue weighted by Gasteiger charge is 2.41. The van der Waals surface area contributed by atoms with E-state index in [0.717, 1.165) is 17.8 Å². The van der Waals surface area contributed by atoms with Gasteiger partial charge in [0, 0.05) is 30.3 Å². The summed E-state index contributed by atoms with van der Waals surface area (Å²) in [6, 6.07) is 12.3. The predicted octanol–water partition coefficient (Wildman–Crippen LogP) is 4.34. The van der Waals surface area contributed by atoms with Gasteiger partial charge in [-0.25, -0.2) is 0 Å². The van der Waals surface area contributed by atoms with Crippen molar-refractivity contribution in [2.45, 2.75) is 12.7 Å². The first kappa shape index (κ1) is 16.7. The van der Waals surface area contributed by atoms with Crippen molar-refractivity contribution in [3.63, 3.8) is 0 Å². The fourth-order valence-electron chi connectivity index (χ4n) is 2.64. The zero-order chi connectivity index (χ0) is 18.2. The Hall–Kier alpha value is -3.16. The smallest absolute Gasteiger partial charge is 0.342 e. The molecule has 0 spiro atoms. The minimum atomic E-state index is -5.02. The monoisotopic (exact) mass is 348 g/mol. The quantitative estimate of drug-likeness (QED) is 0.400. The van der Waals surface area contributed by atoms with Gasteiger partial charge in [0.05, 0.1) is 16.0 Å². The molecule has 5 nitrogen and oxygen atoms in total. The van der Waals surface area contributed by atoms with Crippen molar-refractivity contribution in [2.24, 2.45) is 0 Å². The van der Waals surface area contributed by atoms with Crippen LogP contribution in [0.5, 0.6) is 0 Å². The molecule has 0 unspecified atom stereocenters. The number of nitrogens with zero attached hydrogens (tertiary/aromatic N) is 2. The maximum Gasteiger partial charge on any atom is 0.454 e. The standard InChI is InChI=1S/C17H11F3N2O3/c18-17(19,20)16(23)14-10-21(9-11-4-2-1-3-5-11)15-8-12(22(24)25)6-7-13(14)15/h1-8,10H,9H2. The van der Waals surface area contributed by atoms with Crippen LogP contribution in [0.15, 0.2) is 54.7 Å². The third kappa shape index (κ3) is 3.23. The van der Waals surface area contributed by atoms with Crippen molar-refractivity contribution < 1.29 is 22.9 Å². The fraction of sp³-hybridized carbons (Fsp3) is 0.118. The molecule has 0 aliphatic rings.